The molecule has 2 aromatic carbocycles. The number of carbonyl (C=O) groups excluding carboxylic acids is 1. The number of para-hydroxylation sites is 2. The molecule has 29 heavy (non-hydrogen) atoms. The monoisotopic (exact) mass is 391 g/mol. The van der Waals surface area contributed by atoms with E-state index in [0.29, 0.717) is 29.4 Å². The highest BCUT2D eigenvalue weighted by Crippen LogP contribution is 2.25. The van der Waals surface area contributed by atoms with Gasteiger partial charge in [0.25, 0.3) is 5.91 Å². The first-order chi connectivity index (χ1) is 14.0. The van der Waals surface area contributed by atoms with Gasteiger partial charge in [0.05, 0.1) is 24.0 Å². The Morgan fingerprint density at radius 2 is 1.79 bits per heavy atom. The van der Waals surface area contributed by atoms with Crippen molar-refractivity contribution in [2.24, 2.45) is 0 Å². The van der Waals surface area contributed by atoms with Crippen molar-refractivity contribution in [1.82, 2.24) is 4.98 Å². The standard InChI is InChI=1S/C23H25N3O3/c1-4-28-19-12-10-18(11-13-19)25-22-14-9-17(15-24-22)23(27)26-20-7-5-6-8-21(20)29-16(2)3/h5-16H,4H2,1-3H3,(H,24,25)(H,26,27). The SMILES string of the molecule is CCOc1ccc(Nc2ccc(C(=O)Nc3ccccc3OC(C)C)cn2)cc1. The summed E-state index contributed by atoms with van der Waals surface area (Å²) in [5.74, 6) is 1.86. The van der Waals surface area contributed by atoms with Crippen LogP contribution in [-0.2, 0) is 0 Å². The first-order valence-corrected chi connectivity index (χ1v) is 9.58. The zero-order valence-electron chi connectivity index (χ0n) is 16.8. The fraction of sp³-hybridized carbons (Fsp3) is 0.217. The molecule has 0 fully saturated rings. The summed E-state index contributed by atoms with van der Waals surface area (Å²) in [5, 5.41) is 6.08. The molecule has 0 aliphatic heterocycles. The van der Waals surface area contributed by atoms with E-state index in [-0.39, 0.29) is 12.0 Å². The molecule has 6 heteroatoms. The highest BCUT2D eigenvalue weighted by Gasteiger charge is 2.11. The Balaban J connectivity index is 1.65. The first-order valence-electron chi connectivity index (χ1n) is 9.58. The van der Waals surface area contributed by atoms with Crippen LogP contribution in [0.3, 0.4) is 0 Å². The van der Waals surface area contributed by atoms with E-state index in [2.05, 4.69) is 15.6 Å². The van der Waals surface area contributed by atoms with Crippen molar-refractivity contribution in [3.63, 3.8) is 0 Å². The van der Waals surface area contributed by atoms with Gasteiger partial charge in [-0.05, 0) is 69.3 Å². The lowest BCUT2D eigenvalue weighted by atomic mass is 10.2. The van der Waals surface area contributed by atoms with Crippen LogP contribution in [-0.4, -0.2) is 23.6 Å². The summed E-state index contributed by atoms with van der Waals surface area (Å²) in [6.07, 6.45) is 1.56. The summed E-state index contributed by atoms with van der Waals surface area (Å²) in [6, 6.07) is 18.5. The second kappa shape index (κ2) is 9.59. The van der Waals surface area contributed by atoms with Crippen molar-refractivity contribution in [1.29, 1.82) is 0 Å². The van der Waals surface area contributed by atoms with Gasteiger partial charge in [0.1, 0.15) is 17.3 Å². The van der Waals surface area contributed by atoms with E-state index in [4.69, 9.17) is 9.47 Å². The topological polar surface area (TPSA) is 72.5 Å². The summed E-state index contributed by atoms with van der Waals surface area (Å²) < 4.78 is 11.2. The highest BCUT2D eigenvalue weighted by atomic mass is 16.5. The van der Waals surface area contributed by atoms with Gasteiger partial charge >= 0.3 is 0 Å². The first kappa shape index (κ1) is 20.2. The lowest BCUT2D eigenvalue weighted by Gasteiger charge is -2.14. The normalized spacial score (nSPS) is 10.5. The summed E-state index contributed by atoms with van der Waals surface area (Å²) in [5.41, 5.74) is 1.97. The van der Waals surface area contributed by atoms with Gasteiger partial charge in [-0.1, -0.05) is 12.1 Å². The molecule has 0 bridgehead atoms. The van der Waals surface area contributed by atoms with Crippen LogP contribution in [0.5, 0.6) is 11.5 Å². The summed E-state index contributed by atoms with van der Waals surface area (Å²) >= 11 is 0. The van der Waals surface area contributed by atoms with Gasteiger partial charge in [-0.25, -0.2) is 4.98 Å². The Bertz CT molecular complexity index is 938. The molecule has 3 rings (SSSR count). The third-order valence-corrected chi connectivity index (χ3v) is 3.96. The third kappa shape index (κ3) is 5.72. The lowest BCUT2D eigenvalue weighted by Crippen LogP contribution is -2.14. The quantitative estimate of drug-likeness (QED) is 0.548. The van der Waals surface area contributed by atoms with Crippen molar-refractivity contribution in [2.75, 3.05) is 17.2 Å². The molecule has 150 valence electrons. The van der Waals surface area contributed by atoms with Gasteiger partial charge in [0, 0.05) is 11.9 Å². The van der Waals surface area contributed by atoms with Gasteiger partial charge in [-0.2, -0.15) is 0 Å². The molecule has 0 aliphatic carbocycles. The minimum Gasteiger partial charge on any atom is -0.494 e. The van der Waals surface area contributed by atoms with Crippen molar-refractivity contribution < 1.29 is 14.3 Å². The maximum atomic E-state index is 12.6. The van der Waals surface area contributed by atoms with Crippen molar-refractivity contribution in [2.45, 2.75) is 26.9 Å². The maximum Gasteiger partial charge on any atom is 0.257 e. The molecule has 3 aromatic rings. The van der Waals surface area contributed by atoms with Crippen LogP contribution in [0.1, 0.15) is 31.1 Å². The number of aromatic nitrogens is 1. The van der Waals surface area contributed by atoms with E-state index in [1.807, 2.05) is 69.3 Å². The summed E-state index contributed by atoms with van der Waals surface area (Å²) in [7, 11) is 0. The minimum absolute atomic E-state index is 0.0164. The van der Waals surface area contributed by atoms with Crippen molar-refractivity contribution >= 4 is 23.1 Å². The molecular formula is C23H25N3O3. The predicted octanol–water partition coefficient (Wildman–Crippen LogP) is 5.26. The van der Waals surface area contributed by atoms with Gasteiger partial charge < -0.3 is 20.1 Å². The number of ether oxygens (including phenoxy) is 2. The maximum absolute atomic E-state index is 12.6. The summed E-state index contributed by atoms with van der Waals surface area (Å²) in [4.78, 5) is 16.9. The molecule has 0 radical (unpaired) electrons. The molecule has 0 unspecified atom stereocenters. The Morgan fingerprint density at radius 1 is 1.03 bits per heavy atom. The molecule has 0 aliphatic rings. The smallest absolute Gasteiger partial charge is 0.257 e. The van der Waals surface area contributed by atoms with Crippen LogP contribution < -0.4 is 20.1 Å². The predicted molar refractivity (Wildman–Crippen MR) is 115 cm³/mol. The van der Waals surface area contributed by atoms with Crippen LogP contribution in [0, 0.1) is 0 Å². The number of anilines is 3. The van der Waals surface area contributed by atoms with E-state index in [0.717, 1.165) is 11.4 Å². The van der Waals surface area contributed by atoms with Gasteiger partial charge in [0.15, 0.2) is 0 Å². The van der Waals surface area contributed by atoms with Gasteiger partial charge in [-0.15, -0.1) is 0 Å². The highest BCUT2D eigenvalue weighted by molar-refractivity contribution is 6.04. The molecular weight excluding hydrogens is 366 g/mol. The zero-order valence-corrected chi connectivity index (χ0v) is 16.8. The Hall–Kier alpha value is -3.54. The number of hydrogen-bond acceptors (Lipinski definition) is 5. The van der Waals surface area contributed by atoms with E-state index >= 15 is 0 Å². The number of hydrogen-bond donors (Lipinski definition) is 2. The van der Waals surface area contributed by atoms with Gasteiger partial charge in [-0.3, -0.25) is 4.79 Å². The van der Waals surface area contributed by atoms with Crippen molar-refractivity contribution in [3.05, 3.63) is 72.4 Å². The lowest BCUT2D eigenvalue weighted by molar-refractivity contribution is 0.102. The number of carbonyl (C=O) groups is 1. The Labute approximate surface area is 170 Å². The molecule has 1 aromatic heterocycles. The summed E-state index contributed by atoms with van der Waals surface area (Å²) in [6.45, 7) is 6.47. The second-order valence-electron chi connectivity index (χ2n) is 6.63. The number of nitrogens with zero attached hydrogens (tertiary/aromatic N) is 1. The number of amides is 1. The molecule has 6 nitrogen and oxygen atoms in total. The van der Waals surface area contributed by atoms with Crippen LogP contribution in [0.25, 0.3) is 0 Å². The largest absolute Gasteiger partial charge is 0.494 e. The van der Waals surface area contributed by atoms with Crippen LogP contribution in [0.4, 0.5) is 17.2 Å². The van der Waals surface area contributed by atoms with Gasteiger partial charge in [0.2, 0.25) is 0 Å². The molecule has 0 saturated carbocycles. The average Bonchev–Trinajstić information content (AvgIpc) is 2.71. The van der Waals surface area contributed by atoms with E-state index in [9.17, 15) is 4.79 Å². The van der Waals surface area contributed by atoms with E-state index in [1.165, 1.54) is 6.20 Å². The van der Waals surface area contributed by atoms with E-state index in [1.54, 1.807) is 12.1 Å². The Morgan fingerprint density at radius 3 is 2.45 bits per heavy atom. The van der Waals surface area contributed by atoms with E-state index < -0.39 is 0 Å². The fourth-order valence-electron chi connectivity index (χ4n) is 2.67. The molecule has 2 N–H and O–H groups in total. The number of pyridine rings is 1. The Kier molecular flexibility index (Phi) is 6.68. The van der Waals surface area contributed by atoms with Crippen molar-refractivity contribution in [3.8, 4) is 11.5 Å². The number of benzene rings is 2. The third-order valence-electron chi connectivity index (χ3n) is 3.96. The zero-order chi connectivity index (χ0) is 20.6. The number of rotatable bonds is 8. The minimum atomic E-state index is -0.245. The molecule has 0 saturated heterocycles. The average molecular weight is 391 g/mol. The fourth-order valence-corrected chi connectivity index (χ4v) is 2.67. The molecule has 0 atom stereocenters. The molecule has 0 spiro atoms. The molecule has 1 heterocycles. The second-order valence-corrected chi connectivity index (χ2v) is 6.63. The van der Waals surface area contributed by atoms with Crippen LogP contribution in [0.2, 0.25) is 0 Å². The molecule has 1 amide bonds. The number of nitrogens with one attached hydrogen (secondary N) is 2. The van der Waals surface area contributed by atoms with Crippen LogP contribution in [0.15, 0.2) is 66.9 Å². The van der Waals surface area contributed by atoms with Crippen LogP contribution >= 0.6 is 0 Å².